The summed E-state index contributed by atoms with van der Waals surface area (Å²) in [7, 11) is 0. The van der Waals surface area contributed by atoms with E-state index in [1.807, 2.05) is 0 Å². The minimum atomic E-state index is -0.180. The molecule has 98 heavy (non-hydrogen) atoms. The SMILES string of the molecule is CCCCc1cccc(-c2cc(-c3ccccc3)cc(-c3cccc(CCCC)c3)c2N2c3ccc(-c4ccccc4)cc3B3c4cc(-c5ccccc5)ccc4N(c4c(-c5cccc(CCCC)c5)cc(-c5ccccc5)cc4-c4cccc(CCCC)c4)c4cc(C)cc2c43)c1. The van der Waals surface area contributed by atoms with Crippen molar-refractivity contribution < 1.29 is 0 Å². The first-order valence-electron chi connectivity index (χ1n) is 36.3. The third kappa shape index (κ3) is 12.7. The first-order valence-corrected chi connectivity index (χ1v) is 36.3. The highest BCUT2D eigenvalue weighted by Gasteiger charge is 2.46. The average Bonchev–Trinajstić information content (AvgIpc) is 0.689. The quantitative estimate of drug-likeness (QED) is 0.0624. The molecule has 0 amide bonds. The molecule has 13 aromatic carbocycles. The third-order valence-corrected chi connectivity index (χ3v) is 20.5. The molecule has 0 spiro atoms. The molecule has 0 bridgehead atoms. The van der Waals surface area contributed by atoms with Crippen molar-refractivity contribution in [2.75, 3.05) is 9.80 Å². The molecule has 3 heteroatoms. The minimum Gasteiger partial charge on any atom is -0.310 e. The van der Waals surface area contributed by atoms with Crippen LogP contribution in [0.3, 0.4) is 0 Å². The molecular weight excluding hydrogens is 1180 g/mol. The van der Waals surface area contributed by atoms with Crippen LogP contribution in [-0.2, 0) is 25.7 Å². The van der Waals surface area contributed by atoms with E-state index in [9.17, 15) is 0 Å². The van der Waals surface area contributed by atoms with Crippen molar-refractivity contribution in [2.45, 2.75) is 112 Å². The van der Waals surface area contributed by atoms with Gasteiger partial charge in [0, 0.05) is 45.0 Å². The van der Waals surface area contributed by atoms with E-state index in [0.29, 0.717) is 0 Å². The lowest BCUT2D eigenvalue weighted by atomic mass is 9.33. The molecule has 0 unspecified atom stereocenters. The molecular formula is C95H87BN2. The van der Waals surface area contributed by atoms with Gasteiger partial charge in [0.25, 0.3) is 6.71 Å². The summed E-state index contributed by atoms with van der Waals surface area (Å²) >= 11 is 0. The zero-order valence-corrected chi connectivity index (χ0v) is 57.7. The van der Waals surface area contributed by atoms with E-state index >= 15 is 0 Å². The summed E-state index contributed by atoms with van der Waals surface area (Å²) in [6, 6.07) is 112. The smallest absolute Gasteiger partial charge is 0.252 e. The molecule has 0 saturated carbocycles. The Morgan fingerprint density at radius 3 is 0.827 bits per heavy atom. The summed E-state index contributed by atoms with van der Waals surface area (Å²) in [6.07, 6.45) is 13.2. The van der Waals surface area contributed by atoms with Crippen molar-refractivity contribution in [3.05, 3.63) is 319 Å². The van der Waals surface area contributed by atoms with Gasteiger partial charge in [0.1, 0.15) is 0 Å². The van der Waals surface area contributed by atoms with Crippen LogP contribution < -0.4 is 26.2 Å². The Bertz CT molecular complexity index is 4540. The fourth-order valence-electron chi connectivity index (χ4n) is 15.6. The summed E-state index contributed by atoms with van der Waals surface area (Å²) in [5, 5.41) is 0. The van der Waals surface area contributed by atoms with Crippen LogP contribution in [0, 0.1) is 6.92 Å². The Balaban J connectivity index is 1.11. The molecule has 0 aliphatic carbocycles. The van der Waals surface area contributed by atoms with E-state index < -0.39 is 0 Å². The predicted molar refractivity (Wildman–Crippen MR) is 423 cm³/mol. The van der Waals surface area contributed by atoms with Crippen molar-refractivity contribution in [2.24, 2.45) is 0 Å². The fourth-order valence-corrected chi connectivity index (χ4v) is 15.6. The normalized spacial score (nSPS) is 12.2. The molecule has 2 aliphatic rings. The fraction of sp³-hybridized carbons (Fsp3) is 0.179. The first kappa shape index (κ1) is 63.6. The number of rotatable bonds is 22. The van der Waals surface area contributed by atoms with Gasteiger partial charge in [-0.15, -0.1) is 0 Å². The molecule has 480 valence electrons. The van der Waals surface area contributed by atoms with E-state index in [1.54, 1.807) is 0 Å². The molecule has 0 fully saturated rings. The van der Waals surface area contributed by atoms with E-state index in [1.165, 1.54) is 167 Å². The van der Waals surface area contributed by atoms with Crippen molar-refractivity contribution >= 4 is 57.2 Å². The van der Waals surface area contributed by atoms with Crippen molar-refractivity contribution in [1.82, 2.24) is 0 Å². The van der Waals surface area contributed by atoms with Crippen LogP contribution in [0.25, 0.3) is 89.0 Å². The van der Waals surface area contributed by atoms with Crippen LogP contribution in [0.2, 0.25) is 0 Å². The number of benzene rings is 13. The molecule has 2 nitrogen and oxygen atoms in total. The number of anilines is 6. The molecule has 15 rings (SSSR count). The van der Waals surface area contributed by atoms with Gasteiger partial charge in [0.05, 0.1) is 11.4 Å². The van der Waals surface area contributed by atoms with Gasteiger partial charge in [-0.1, -0.05) is 296 Å². The average molecular weight is 1270 g/mol. The second kappa shape index (κ2) is 28.7. The lowest BCUT2D eigenvalue weighted by molar-refractivity contribution is 0.795. The zero-order valence-electron chi connectivity index (χ0n) is 57.7. The van der Waals surface area contributed by atoms with E-state index in [2.05, 4.69) is 336 Å². The lowest BCUT2D eigenvalue weighted by Crippen LogP contribution is -2.61. The second-order valence-corrected chi connectivity index (χ2v) is 27.4. The molecule has 0 radical (unpaired) electrons. The Morgan fingerprint density at radius 2 is 0.531 bits per heavy atom. The maximum absolute atomic E-state index is 2.74. The maximum atomic E-state index is 2.74. The van der Waals surface area contributed by atoms with Gasteiger partial charge >= 0.3 is 0 Å². The van der Waals surface area contributed by atoms with Gasteiger partial charge in [-0.25, -0.2) is 0 Å². The van der Waals surface area contributed by atoms with Gasteiger partial charge in [0.2, 0.25) is 0 Å². The number of unbranched alkanes of at least 4 members (excludes halogenated alkanes) is 4. The molecule has 0 aromatic heterocycles. The van der Waals surface area contributed by atoms with E-state index in [-0.39, 0.29) is 6.71 Å². The van der Waals surface area contributed by atoms with Crippen molar-refractivity contribution in [3.8, 4) is 89.0 Å². The highest BCUT2D eigenvalue weighted by atomic mass is 15.2. The molecule has 2 heterocycles. The Kier molecular flexibility index (Phi) is 18.6. The number of hydrogen-bond acceptors (Lipinski definition) is 2. The van der Waals surface area contributed by atoms with E-state index in [4.69, 9.17) is 0 Å². The minimum absolute atomic E-state index is 0.180. The van der Waals surface area contributed by atoms with Crippen LogP contribution in [0.4, 0.5) is 34.1 Å². The summed E-state index contributed by atoms with van der Waals surface area (Å²) in [5.41, 5.74) is 36.9. The third-order valence-electron chi connectivity index (χ3n) is 20.5. The molecule has 13 aromatic rings. The van der Waals surface area contributed by atoms with Gasteiger partial charge < -0.3 is 9.80 Å². The van der Waals surface area contributed by atoms with Crippen LogP contribution in [0.15, 0.2) is 291 Å². The number of aryl methyl sites for hydroxylation is 5. The molecule has 0 atom stereocenters. The van der Waals surface area contributed by atoms with Crippen LogP contribution in [0.1, 0.15) is 107 Å². The Hall–Kier alpha value is -10.5. The standard InChI is InChI=1S/C95H87BN2/c1-6-10-30-67-34-26-46-77(56-67)83-60-81(73-42-22-16-23-43-73)61-84(78-47-27-35-68(57-78)31-11-7-2)94(83)97-89-52-50-75(71-38-18-14-19-39-71)64-87(89)96-88-65-76(72-40-20-15-21-41-72)51-53-90(88)98(92-55-66(5)54-91(97)93(92)96)95-85(79-48-28-36-69(58-79)32-12-8-3)62-82(74-44-24-17-25-45-74)63-86(95)80-49-29-37-70(59-80)33-13-9-4/h14-29,34-65H,6-13,30-33H2,1-5H3. The van der Waals surface area contributed by atoms with Gasteiger partial charge in [-0.05, 0) is 218 Å². The maximum Gasteiger partial charge on any atom is 0.252 e. The number of nitrogens with zero attached hydrogens (tertiary/aromatic N) is 2. The van der Waals surface area contributed by atoms with Gasteiger partial charge in [-0.3, -0.25) is 0 Å². The van der Waals surface area contributed by atoms with Crippen LogP contribution in [-0.4, -0.2) is 6.71 Å². The summed E-state index contributed by atoms with van der Waals surface area (Å²) in [6.45, 7) is 11.4. The number of hydrogen-bond donors (Lipinski definition) is 0. The van der Waals surface area contributed by atoms with E-state index in [0.717, 1.165) is 77.0 Å². The first-order chi connectivity index (χ1) is 48.3. The molecule has 0 saturated heterocycles. The highest BCUT2D eigenvalue weighted by molar-refractivity contribution is 7.00. The topological polar surface area (TPSA) is 6.48 Å². The second-order valence-electron chi connectivity index (χ2n) is 27.4. The van der Waals surface area contributed by atoms with Crippen LogP contribution >= 0.6 is 0 Å². The Labute approximate surface area is 583 Å². The number of fused-ring (bicyclic) bond motifs is 4. The summed E-state index contributed by atoms with van der Waals surface area (Å²) in [5.74, 6) is 0. The molecule has 0 N–H and O–H groups in total. The monoisotopic (exact) mass is 1270 g/mol. The predicted octanol–water partition coefficient (Wildman–Crippen LogP) is 24.8. The lowest BCUT2D eigenvalue weighted by Gasteiger charge is -2.46. The van der Waals surface area contributed by atoms with Crippen molar-refractivity contribution in [3.63, 3.8) is 0 Å². The highest BCUT2D eigenvalue weighted by Crippen LogP contribution is 2.55. The van der Waals surface area contributed by atoms with Gasteiger partial charge in [0.15, 0.2) is 0 Å². The summed E-state index contributed by atoms with van der Waals surface area (Å²) in [4.78, 5) is 5.48. The Morgan fingerprint density at radius 1 is 0.245 bits per heavy atom. The molecule has 2 aliphatic heterocycles. The zero-order chi connectivity index (χ0) is 66.5. The summed E-state index contributed by atoms with van der Waals surface area (Å²) < 4.78 is 0. The largest absolute Gasteiger partial charge is 0.310 e. The van der Waals surface area contributed by atoms with Crippen LogP contribution in [0.5, 0.6) is 0 Å². The van der Waals surface area contributed by atoms with Gasteiger partial charge in [-0.2, -0.15) is 0 Å². The van der Waals surface area contributed by atoms with Crippen molar-refractivity contribution in [1.29, 1.82) is 0 Å².